The Morgan fingerprint density at radius 2 is 1.56 bits per heavy atom. The van der Waals surface area contributed by atoms with E-state index in [1.165, 1.54) is 16.7 Å². The van der Waals surface area contributed by atoms with Crippen molar-refractivity contribution < 1.29 is 9.59 Å². The van der Waals surface area contributed by atoms with Gasteiger partial charge in [-0.05, 0) is 79.4 Å². The molecule has 0 saturated carbocycles. The largest absolute Gasteiger partial charge is 0.350 e. The number of hydrogen-bond donors (Lipinski definition) is 1. The first kappa shape index (κ1) is 22.2. The number of amides is 2. The Labute approximate surface area is 197 Å². The summed E-state index contributed by atoms with van der Waals surface area (Å²) < 4.78 is 0. The minimum atomic E-state index is -0.359. The number of rotatable bonds is 6. The van der Waals surface area contributed by atoms with E-state index in [-0.39, 0.29) is 17.5 Å². The van der Waals surface area contributed by atoms with Crippen LogP contribution >= 0.6 is 23.4 Å². The summed E-state index contributed by atoms with van der Waals surface area (Å²) in [7, 11) is 0. The van der Waals surface area contributed by atoms with Crippen LogP contribution in [0, 0.1) is 13.8 Å². The van der Waals surface area contributed by atoms with E-state index in [0.717, 1.165) is 33.7 Å². The van der Waals surface area contributed by atoms with Crippen molar-refractivity contribution in [3.63, 3.8) is 0 Å². The fourth-order valence-electron chi connectivity index (χ4n) is 3.73. The number of carbonyl (C=O) groups excluding carboxylic acids is 2. The van der Waals surface area contributed by atoms with Gasteiger partial charge in [0.1, 0.15) is 10.6 Å². The van der Waals surface area contributed by atoms with Crippen LogP contribution in [0.15, 0.2) is 82.2 Å². The maximum absolute atomic E-state index is 13.5. The van der Waals surface area contributed by atoms with Crippen LogP contribution in [0.5, 0.6) is 0 Å². The normalized spacial score (nSPS) is 13.8. The molecule has 6 heteroatoms. The van der Waals surface area contributed by atoms with Crippen molar-refractivity contribution in [2.45, 2.75) is 32.1 Å². The molecule has 0 fully saturated rings. The summed E-state index contributed by atoms with van der Waals surface area (Å²) in [5.41, 5.74) is 4.74. The summed E-state index contributed by atoms with van der Waals surface area (Å²) in [6.07, 6.45) is 0.805. The number of carbonyl (C=O) groups is 2. The predicted octanol–water partition coefficient (Wildman–Crippen LogP) is 6.51. The number of benzene rings is 3. The van der Waals surface area contributed by atoms with Crippen molar-refractivity contribution in [3.8, 4) is 0 Å². The van der Waals surface area contributed by atoms with E-state index in [0.29, 0.717) is 15.6 Å². The van der Waals surface area contributed by atoms with Crippen LogP contribution in [-0.4, -0.2) is 11.8 Å². The molecule has 1 aliphatic heterocycles. The molecular formula is C26H23ClN2O2S. The van der Waals surface area contributed by atoms with Crippen LogP contribution in [-0.2, 0) is 16.0 Å². The maximum Gasteiger partial charge on any atom is 0.283 e. The molecule has 0 unspecified atom stereocenters. The van der Waals surface area contributed by atoms with E-state index in [9.17, 15) is 9.59 Å². The van der Waals surface area contributed by atoms with Gasteiger partial charge in [-0.15, -0.1) is 0 Å². The average Bonchev–Trinajstić information content (AvgIpc) is 2.99. The number of halogens is 1. The van der Waals surface area contributed by atoms with Gasteiger partial charge in [0.25, 0.3) is 11.8 Å². The second-order valence-electron chi connectivity index (χ2n) is 7.69. The number of hydrogen-bond acceptors (Lipinski definition) is 4. The quantitative estimate of drug-likeness (QED) is 0.424. The Morgan fingerprint density at radius 1 is 0.906 bits per heavy atom. The van der Waals surface area contributed by atoms with Gasteiger partial charge in [-0.3, -0.25) is 9.59 Å². The minimum absolute atomic E-state index is 0.287. The molecule has 0 aliphatic carbocycles. The van der Waals surface area contributed by atoms with Gasteiger partial charge in [0, 0.05) is 15.6 Å². The molecule has 1 N–H and O–H groups in total. The van der Waals surface area contributed by atoms with Crippen molar-refractivity contribution in [2.24, 2.45) is 0 Å². The Morgan fingerprint density at radius 3 is 2.22 bits per heavy atom. The van der Waals surface area contributed by atoms with Crippen LogP contribution in [0.25, 0.3) is 0 Å². The molecule has 32 heavy (non-hydrogen) atoms. The maximum atomic E-state index is 13.5. The van der Waals surface area contributed by atoms with E-state index in [2.05, 4.69) is 12.2 Å². The molecule has 162 valence electrons. The lowest BCUT2D eigenvalue weighted by atomic mass is 10.1. The fourth-order valence-corrected chi connectivity index (χ4v) is 4.79. The molecule has 0 radical (unpaired) electrons. The molecule has 0 spiro atoms. The summed E-state index contributed by atoms with van der Waals surface area (Å²) in [5, 5.41) is 3.89. The molecule has 0 aromatic heterocycles. The number of nitrogens with zero attached hydrogens (tertiary/aromatic N) is 1. The van der Waals surface area contributed by atoms with Crippen LogP contribution in [0.3, 0.4) is 0 Å². The Hall–Kier alpha value is -3.02. The van der Waals surface area contributed by atoms with Gasteiger partial charge < -0.3 is 5.32 Å². The van der Waals surface area contributed by atoms with Crippen LogP contribution in [0.4, 0.5) is 11.4 Å². The Bertz CT molecular complexity index is 1210. The Balaban J connectivity index is 1.78. The van der Waals surface area contributed by atoms with Crippen molar-refractivity contribution >= 4 is 46.6 Å². The summed E-state index contributed by atoms with van der Waals surface area (Å²) in [5.74, 6) is -0.696. The van der Waals surface area contributed by atoms with Gasteiger partial charge in [0.2, 0.25) is 0 Å². The lowest BCUT2D eigenvalue weighted by molar-refractivity contribution is -0.120. The molecule has 4 nitrogen and oxygen atoms in total. The van der Waals surface area contributed by atoms with E-state index in [4.69, 9.17) is 11.6 Å². The zero-order valence-corrected chi connectivity index (χ0v) is 19.7. The first-order valence-corrected chi connectivity index (χ1v) is 11.6. The van der Waals surface area contributed by atoms with E-state index >= 15 is 0 Å². The standard InChI is InChI=1S/C26H23ClN2O2S/c1-4-18-7-5-6-8-22(18)28-23-24(32-21-11-9-19(27)10-12-21)26(31)29(25(23)30)20-14-16(2)13-17(3)15-20/h5-15,28H,4H2,1-3H3. The van der Waals surface area contributed by atoms with Crippen molar-refractivity contribution in [1.82, 2.24) is 0 Å². The van der Waals surface area contributed by atoms with Crippen LogP contribution in [0.2, 0.25) is 5.02 Å². The third-order valence-electron chi connectivity index (χ3n) is 5.20. The van der Waals surface area contributed by atoms with Crippen LogP contribution in [0.1, 0.15) is 23.6 Å². The zero-order valence-electron chi connectivity index (χ0n) is 18.1. The number of thioether (sulfide) groups is 1. The first-order valence-electron chi connectivity index (χ1n) is 10.4. The molecular weight excluding hydrogens is 440 g/mol. The number of aryl methyl sites for hydroxylation is 3. The minimum Gasteiger partial charge on any atom is -0.350 e. The predicted molar refractivity (Wildman–Crippen MR) is 132 cm³/mol. The average molecular weight is 463 g/mol. The van der Waals surface area contributed by atoms with E-state index in [1.807, 2.05) is 68.4 Å². The highest BCUT2D eigenvalue weighted by Crippen LogP contribution is 2.39. The molecule has 0 bridgehead atoms. The number of imide groups is 1. The topological polar surface area (TPSA) is 49.4 Å². The van der Waals surface area contributed by atoms with Gasteiger partial charge in [-0.1, -0.05) is 54.6 Å². The molecule has 3 aromatic rings. The highest BCUT2D eigenvalue weighted by atomic mass is 35.5. The number of anilines is 2. The monoisotopic (exact) mass is 462 g/mol. The second-order valence-corrected chi connectivity index (χ2v) is 9.21. The van der Waals surface area contributed by atoms with Crippen molar-refractivity contribution in [3.05, 3.63) is 99.0 Å². The highest BCUT2D eigenvalue weighted by Gasteiger charge is 2.40. The van der Waals surface area contributed by atoms with Gasteiger partial charge in [0.05, 0.1) is 5.69 Å². The molecule has 1 aliphatic rings. The van der Waals surface area contributed by atoms with Gasteiger partial charge >= 0.3 is 0 Å². The Kier molecular flexibility index (Phi) is 6.40. The molecule has 0 saturated heterocycles. The number of nitrogens with one attached hydrogen (secondary N) is 1. The van der Waals surface area contributed by atoms with E-state index in [1.54, 1.807) is 12.1 Å². The number of para-hydroxylation sites is 1. The molecule has 0 atom stereocenters. The zero-order chi connectivity index (χ0) is 22.8. The summed E-state index contributed by atoms with van der Waals surface area (Å²) >= 11 is 7.29. The lowest BCUT2D eigenvalue weighted by Gasteiger charge is -2.17. The molecule has 1 heterocycles. The van der Waals surface area contributed by atoms with Gasteiger partial charge in [0.15, 0.2) is 0 Å². The highest BCUT2D eigenvalue weighted by molar-refractivity contribution is 8.04. The van der Waals surface area contributed by atoms with E-state index < -0.39 is 0 Å². The molecule has 4 rings (SSSR count). The third-order valence-corrected chi connectivity index (χ3v) is 6.54. The molecule has 3 aromatic carbocycles. The van der Waals surface area contributed by atoms with Crippen LogP contribution < -0.4 is 10.2 Å². The SMILES string of the molecule is CCc1ccccc1NC1=C(Sc2ccc(Cl)cc2)C(=O)N(c2cc(C)cc(C)c2)C1=O. The fraction of sp³-hybridized carbons (Fsp3) is 0.154. The summed E-state index contributed by atoms with van der Waals surface area (Å²) in [4.78, 5) is 29.5. The summed E-state index contributed by atoms with van der Waals surface area (Å²) in [6.45, 7) is 5.96. The molecule has 2 amide bonds. The van der Waals surface area contributed by atoms with Gasteiger partial charge in [-0.2, -0.15) is 0 Å². The van der Waals surface area contributed by atoms with Crippen molar-refractivity contribution in [2.75, 3.05) is 10.2 Å². The smallest absolute Gasteiger partial charge is 0.283 e. The second kappa shape index (κ2) is 9.23. The first-order chi connectivity index (χ1) is 15.4. The third kappa shape index (κ3) is 4.45. The van der Waals surface area contributed by atoms with Crippen molar-refractivity contribution in [1.29, 1.82) is 0 Å². The van der Waals surface area contributed by atoms with Gasteiger partial charge in [-0.25, -0.2) is 4.90 Å². The summed E-state index contributed by atoms with van der Waals surface area (Å²) in [6, 6.07) is 20.8. The lowest BCUT2D eigenvalue weighted by Crippen LogP contribution is -2.32.